The predicted octanol–water partition coefficient (Wildman–Crippen LogP) is 1.75. The summed E-state index contributed by atoms with van der Waals surface area (Å²) in [5.41, 5.74) is 2.68. The lowest BCUT2D eigenvalue weighted by atomic mass is 10.1. The van der Waals surface area contributed by atoms with Crippen LogP contribution in [0.2, 0.25) is 0 Å². The van der Waals surface area contributed by atoms with Crippen LogP contribution in [0.1, 0.15) is 17.5 Å². The second-order valence-electron chi connectivity index (χ2n) is 5.17. The Kier molecular flexibility index (Phi) is 5.21. The van der Waals surface area contributed by atoms with Gasteiger partial charge < -0.3 is 15.0 Å². The van der Waals surface area contributed by atoms with Crippen LogP contribution in [-0.2, 0) is 11.3 Å². The van der Waals surface area contributed by atoms with Crippen LogP contribution < -0.4 is 4.90 Å². The van der Waals surface area contributed by atoms with Gasteiger partial charge in [0, 0.05) is 17.3 Å². The maximum Gasteiger partial charge on any atom is 0.490 e. The fourth-order valence-corrected chi connectivity index (χ4v) is 2.24. The first-order valence-corrected chi connectivity index (χ1v) is 7.21. The Morgan fingerprint density at radius 3 is 2.83 bits per heavy atom. The van der Waals surface area contributed by atoms with Crippen molar-refractivity contribution in [1.82, 2.24) is 14.8 Å². The van der Waals surface area contributed by atoms with Crippen molar-refractivity contribution >= 4 is 17.5 Å². The molecule has 0 saturated heterocycles. The SMILES string of the molecule is Cc1cccc(N(CCC#N)C(=O)Cn2cnc([N+](=O)[O-])n2)c1C. The number of aryl methyl sites for hydroxylation is 1. The summed E-state index contributed by atoms with van der Waals surface area (Å²) in [6.07, 6.45) is 1.32. The van der Waals surface area contributed by atoms with Crippen molar-refractivity contribution in [3.05, 3.63) is 45.8 Å². The van der Waals surface area contributed by atoms with Crippen LogP contribution >= 0.6 is 0 Å². The van der Waals surface area contributed by atoms with Gasteiger partial charge in [0.25, 0.3) is 0 Å². The summed E-state index contributed by atoms with van der Waals surface area (Å²) in [6, 6.07) is 7.60. The number of nitrogens with zero attached hydrogens (tertiary/aromatic N) is 6. The molecule has 1 amide bonds. The number of carbonyl (C=O) groups is 1. The molecule has 2 aromatic rings. The summed E-state index contributed by atoms with van der Waals surface area (Å²) < 4.78 is 1.12. The van der Waals surface area contributed by atoms with Crippen LogP contribution in [0.15, 0.2) is 24.5 Å². The highest BCUT2D eigenvalue weighted by molar-refractivity contribution is 5.94. The van der Waals surface area contributed by atoms with Gasteiger partial charge in [-0.3, -0.25) is 4.79 Å². The van der Waals surface area contributed by atoms with Gasteiger partial charge in [-0.25, -0.2) is 0 Å². The van der Waals surface area contributed by atoms with Crippen molar-refractivity contribution in [1.29, 1.82) is 5.26 Å². The van der Waals surface area contributed by atoms with Crippen LogP contribution in [0.4, 0.5) is 11.6 Å². The zero-order chi connectivity index (χ0) is 17.7. The molecule has 124 valence electrons. The van der Waals surface area contributed by atoms with Gasteiger partial charge in [0.1, 0.15) is 6.54 Å². The zero-order valence-corrected chi connectivity index (χ0v) is 13.3. The molecule has 0 spiro atoms. The van der Waals surface area contributed by atoms with Gasteiger partial charge in [-0.05, 0) is 36.0 Å². The summed E-state index contributed by atoms with van der Waals surface area (Å²) in [5, 5.41) is 23.1. The Morgan fingerprint density at radius 1 is 1.46 bits per heavy atom. The van der Waals surface area contributed by atoms with E-state index in [9.17, 15) is 14.9 Å². The molecule has 0 unspecified atom stereocenters. The average Bonchev–Trinajstić information content (AvgIpc) is 3.00. The lowest BCUT2D eigenvalue weighted by Gasteiger charge is -2.24. The maximum atomic E-state index is 12.6. The number of benzene rings is 1. The zero-order valence-electron chi connectivity index (χ0n) is 13.3. The third-order valence-corrected chi connectivity index (χ3v) is 3.60. The van der Waals surface area contributed by atoms with E-state index in [1.807, 2.05) is 32.0 Å². The summed E-state index contributed by atoms with van der Waals surface area (Å²) in [4.78, 5) is 27.5. The molecule has 0 fully saturated rings. The molecule has 1 heterocycles. The van der Waals surface area contributed by atoms with Gasteiger partial charge in [-0.2, -0.15) is 9.94 Å². The van der Waals surface area contributed by atoms with E-state index in [2.05, 4.69) is 10.1 Å². The summed E-state index contributed by atoms with van der Waals surface area (Å²) in [6.45, 7) is 3.88. The first kappa shape index (κ1) is 17.1. The molecule has 0 aliphatic carbocycles. The van der Waals surface area contributed by atoms with Crippen molar-refractivity contribution in [2.45, 2.75) is 26.8 Å². The van der Waals surface area contributed by atoms with Crippen molar-refractivity contribution in [2.24, 2.45) is 0 Å². The number of amides is 1. The molecule has 9 heteroatoms. The molecule has 0 radical (unpaired) electrons. The van der Waals surface area contributed by atoms with Gasteiger partial charge >= 0.3 is 5.95 Å². The molecular weight excluding hydrogens is 312 g/mol. The smallest absolute Gasteiger partial charge is 0.390 e. The Morgan fingerprint density at radius 2 is 2.21 bits per heavy atom. The molecule has 9 nitrogen and oxygen atoms in total. The van der Waals surface area contributed by atoms with E-state index in [0.717, 1.165) is 22.1 Å². The number of hydrogen-bond donors (Lipinski definition) is 0. The van der Waals surface area contributed by atoms with Crippen molar-refractivity contribution < 1.29 is 9.72 Å². The molecule has 0 atom stereocenters. The van der Waals surface area contributed by atoms with E-state index in [1.165, 1.54) is 4.90 Å². The predicted molar refractivity (Wildman–Crippen MR) is 85.2 cm³/mol. The first-order chi connectivity index (χ1) is 11.4. The second kappa shape index (κ2) is 7.32. The number of rotatable bonds is 6. The molecule has 0 aliphatic heterocycles. The quantitative estimate of drug-likeness (QED) is 0.589. The summed E-state index contributed by atoms with van der Waals surface area (Å²) in [5.74, 6) is -0.878. The number of carbonyl (C=O) groups excluding carboxylic acids is 1. The largest absolute Gasteiger partial charge is 0.490 e. The number of nitro groups is 1. The first-order valence-electron chi connectivity index (χ1n) is 7.21. The Hall–Kier alpha value is -3.28. The number of nitriles is 1. The van der Waals surface area contributed by atoms with Gasteiger partial charge in [0.05, 0.1) is 12.5 Å². The topological polar surface area (TPSA) is 118 Å². The van der Waals surface area contributed by atoms with E-state index in [1.54, 1.807) is 6.07 Å². The van der Waals surface area contributed by atoms with Crippen molar-refractivity contribution in [3.8, 4) is 6.07 Å². The molecule has 0 bridgehead atoms. The lowest BCUT2D eigenvalue weighted by Crippen LogP contribution is -2.35. The highest BCUT2D eigenvalue weighted by Crippen LogP contribution is 2.23. The maximum absolute atomic E-state index is 12.6. The van der Waals surface area contributed by atoms with Gasteiger partial charge in [-0.15, -0.1) is 0 Å². The molecule has 2 rings (SSSR count). The molecule has 1 aromatic carbocycles. The van der Waals surface area contributed by atoms with Crippen LogP contribution in [-0.4, -0.2) is 32.1 Å². The molecule has 24 heavy (non-hydrogen) atoms. The van der Waals surface area contributed by atoms with E-state index in [0.29, 0.717) is 5.69 Å². The van der Waals surface area contributed by atoms with Crippen LogP contribution in [0, 0.1) is 35.3 Å². The number of anilines is 1. The number of aromatic nitrogens is 3. The highest BCUT2D eigenvalue weighted by Gasteiger charge is 2.21. The molecule has 1 aromatic heterocycles. The summed E-state index contributed by atoms with van der Waals surface area (Å²) >= 11 is 0. The lowest BCUT2D eigenvalue weighted by molar-refractivity contribution is -0.394. The van der Waals surface area contributed by atoms with Crippen LogP contribution in [0.25, 0.3) is 0 Å². The van der Waals surface area contributed by atoms with Gasteiger partial charge in [0.15, 0.2) is 0 Å². The summed E-state index contributed by atoms with van der Waals surface area (Å²) in [7, 11) is 0. The standard InChI is InChI=1S/C15H16N6O3/c1-11-5-3-6-13(12(11)2)20(8-4-7-16)14(22)9-19-10-17-15(18-19)21(23)24/h3,5-6,10H,4,8-9H2,1-2H3. The minimum Gasteiger partial charge on any atom is -0.390 e. The van der Waals surface area contributed by atoms with Gasteiger partial charge in [0.2, 0.25) is 12.2 Å². The Balaban J connectivity index is 2.26. The molecular formula is C15H16N6O3. The fourth-order valence-electron chi connectivity index (χ4n) is 2.24. The molecule has 0 aliphatic rings. The second-order valence-corrected chi connectivity index (χ2v) is 5.17. The van der Waals surface area contributed by atoms with E-state index in [4.69, 9.17) is 5.26 Å². The minimum absolute atomic E-state index is 0.177. The molecule has 0 N–H and O–H groups in total. The Bertz CT molecular complexity index is 808. The normalized spacial score (nSPS) is 10.2. The van der Waals surface area contributed by atoms with Crippen molar-refractivity contribution in [2.75, 3.05) is 11.4 Å². The van der Waals surface area contributed by atoms with Gasteiger partial charge in [-0.1, -0.05) is 17.1 Å². The Labute approximate surface area is 138 Å². The van der Waals surface area contributed by atoms with Crippen LogP contribution in [0.5, 0.6) is 0 Å². The molecule has 0 saturated carbocycles. The number of hydrogen-bond acceptors (Lipinski definition) is 6. The van der Waals surface area contributed by atoms with E-state index in [-0.39, 0.29) is 25.4 Å². The van der Waals surface area contributed by atoms with Crippen LogP contribution in [0.3, 0.4) is 0 Å². The van der Waals surface area contributed by atoms with Crippen molar-refractivity contribution in [3.63, 3.8) is 0 Å². The minimum atomic E-state index is -0.723. The highest BCUT2D eigenvalue weighted by atomic mass is 16.6. The fraction of sp³-hybridized carbons (Fsp3) is 0.333. The average molecular weight is 328 g/mol. The van der Waals surface area contributed by atoms with E-state index < -0.39 is 10.9 Å². The third-order valence-electron chi connectivity index (χ3n) is 3.60. The monoisotopic (exact) mass is 328 g/mol. The van der Waals surface area contributed by atoms with E-state index >= 15 is 0 Å². The third kappa shape index (κ3) is 3.73.